The van der Waals surface area contributed by atoms with Crippen LogP contribution in [0, 0.1) is 6.92 Å². The molecule has 31 heavy (non-hydrogen) atoms. The maximum Gasteiger partial charge on any atom is 0.275 e. The van der Waals surface area contributed by atoms with Crippen LogP contribution in [-0.4, -0.2) is 27.6 Å². The van der Waals surface area contributed by atoms with Crippen molar-refractivity contribution in [2.45, 2.75) is 13.0 Å². The van der Waals surface area contributed by atoms with E-state index in [0.717, 1.165) is 22.0 Å². The van der Waals surface area contributed by atoms with Crippen molar-refractivity contribution in [3.8, 4) is 0 Å². The molecule has 0 saturated heterocycles. The van der Waals surface area contributed by atoms with Crippen LogP contribution in [0.2, 0.25) is 0 Å². The van der Waals surface area contributed by atoms with Crippen molar-refractivity contribution < 1.29 is 9.59 Å². The fourth-order valence-corrected chi connectivity index (χ4v) is 3.80. The number of carbonyl (C=O) groups excluding carboxylic acids is 2. The second-order valence-corrected chi connectivity index (χ2v) is 7.51. The van der Waals surface area contributed by atoms with Gasteiger partial charge in [0.2, 0.25) is 0 Å². The Bertz CT molecular complexity index is 1310. The molecule has 0 radical (unpaired) electrons. The predicted octanol–water partition coefficient (Wildman–Crippen LogP) is 4.15. The summed E-state index contributed by atoms with van der Waals surface area (Å²) in [6.45, 7) is 1.99. The highest BCUT2D eigenvalue weighted by Gasteiger charge is 2.38. The summed E-state index contributed by atoms with van der Waals surface area (Å²) >= 11 is 0. The highest BCUT2D eigenvalue weighted by molar-refractivity contribution is 6.13. The Hall–Kier alpha value is -4.19. The lowest BCUT2D eigenvalue weighted by atomic mass is 10.0. The number of nitrogens with zero attached hydrogens (tertiary/aromatic N) is 2. The summed E-state index contributed by atoms with van der Waals surface area (Å²) in [5, 5.41) is 9.67. The maximum absolute atomic E-state index is 13.4. The summed E-state index contributed by atoms with van der Waals surface area (Å²) < 4.78 is 0. The number of para-hydroxylation sites is 1. The SMILES string of the molecule is Cc1ccc(C2=NN(C(=O)c3ccccc3)C(c3c[nH]c4ccccc34)C(=O)N2)cc1. The molecule has 2 heterocycles. The molecule has 1 aliphatic rings. The second-order valence-electron chi connectivity index (χ2n) is 7.51. The van der Waals surface area contributed by atoms with Crippen molar-refractivity contribution in [3.05, 3.63) is 107 Å². The predicted molar refractivity (Wildman–Crippen MR) is 120 cm³/mol. The van der Waals surface area contributed by atoms with Gasteiger partial charge in [-0.1, -0.05) is 66.2 Å². The number of rotatable bonds is 3. The van der Waals surface area contributed by atoms with E-state index in [0.29, 0.717) is 17.0 Å². The highest BCUT2D eigenvalue weighted by Crippen LogP contribution is 2.32. The Labute approximate surface area is 179 Å². The summed E-state index contributed by atoms with van der Waals surface area (Å²) in [5.74, 6) is -0.291. The standard InChI is InChI=1S/C25H20N4O2/c1-16-11-13-17(14-12-16)23-27-24(30)22(20-15-26-21-10-6-5-9-19(20)21)29(28-23)25(31)18-7-3-2-4-8-18/h2-15,22,26H,1H3,(H,27,28,30). The molecule has 1 aliphatic heterocycles. The molecule has 0 saturated carbocycles. The number of benzene rings is 3. The quantitative estimate of drug-likeness (QED) is 0.534. The first-order valence-electron chi connectivity index (χ1n) is 10.0. The minimum Gasteiger partial charge on any atom is -0.361 e. The van der Waals surface area contributed by atoms with E-state index in [2.05, 4.69) is 15.4 Å². The van der Waals surface area contributed by atoms with E-state index < -0.39 is 6.04 Å². The van der Waals surface area contributed by atoms with Crippen molar-refractivity contribution in [2.24, 2.45) is 5.10 Å². The van der Waals surface area contributed by atoms with E-state index in [1.54, 1.807) is 30.5 Å². The molecule has 5 rings (SSSR count). The first-order chi connectivity index (χ1) is 15.1. The average Bonchev–Trinajstić information content (AvgIpc) is 3.23. The van der Waals surface area contributed by atoms with E-state index in [1.165, 1.54) is 5.01 Å². The number of hydrogen-bond acceptors (Lipinski definition) is 3. The van der Waals surface area contributed by atoms with Crippen LogP contribution in [0.3, 0.4) is 0 Å². The van der Waals surface area contributed by atoms with Gasteiger partial charge in [-0.3, -0.25) is 9.59 Å². The van der Waals surface area contributed by atoms with Crippen molar-refractivity contribution in [2.75, 3.05) is 0 Å². The first-order valence-corrected chi connectivity index (χ1v) is 10.0. The number of amides is 2. The molecule has 0 fully saturated rings. The minimum atomic E-state index is -0.891. The number of carbonyl (C=O) groups is 2. The lowest BCUT2D eigenvalue weighted by Crippen LogP contribution is -2.49. The molecular formula is C25H20N4O2. The van der Waals surface area contributed by atoms with Crippen molar-refractivity contribution in [3.63, 3.8) is 0 Å². The number of fused-ring (bicyclic) bond motifs is 1. The minimum absolute atomic E-state index is 0.306. The Morgan fingerprint density at radius 3 is 2.42 bits per heavy atom. The van der Waals surface area contributed by atoms with Gasteiger partial charge in [-0.2, -0.15) is 0 Å². The number of hydrazone groups is 1. The van der Waals surface area contributed by atoms with Crippen molar-refractivity contribution >= 4 is 28.6 Å². The van der Waals surface area contributed by atoms with E-state index in [-0.39, 0.29) is 11.8 Å². The van der Waals surface area contributed by atoms with Crippen LogP contribution < -0.4 is 5.32 Å². The smallest absolute Gasteiger partial charge is 0.275 e. The van der Waals surface area contributed by atoms with E-state index in [1.807, 2.05) is 61.5 Å². The average molecular weight is 408 g/mol. The summed E-state index contributed by atoms with van der Waals surface area (Å²) in [4.78, 5) is 30.0. The topological polar surface area (TPSA) is 77.6 Å². The first kappa shape index (κ1) is 18.8. The van der Waals surface area contributed by atoms with E-state index >= 15 is 0 Å². The van der Waals surface area contributed by atoms with Crippen LogP contribution in [0.4, 0.5) is 0 Å². The van der Waals surface area contributed by atoms with Crippen LogP contribution in [0.5, 0.6) is 0 Å². The summed E-state index contributed by atoms with van der Waals surface area (Å²) in [6.07, 6.45) is 1.77. The fraction of sp³-hybridized carbons (Fsp3) is 0.0800. The van der Waals surface area contributed by atoms with Gasteiger partial charge >= 0.3 is 0 Å². The number of aryl methyl sites for hydroxylation is 1. The molecule has 1 atom stereocenters. The van der Waals surface area contributed by atoms with E-state index in [4.69, 9.17) is 0 Å². The van der Waals surface area contributed by atoms with E-state index in [9.17, 15) is 9.59 Å². The normalized spacial score (nSPS) is 16.2. The van der Waals surface area contributed by atoms with Gasteiger partial charge < -0.3 is 10.3 Å². The third-order valence-electron chi connectivity index (χ3n) is 5.41. The Balaban J connectivity index is 1.65. The van der Waals surface area contributed by atoms with Crippen LogP contribution in [-0.2, 0) is 4.79 Å². The zero-order valence-corrected chi connectivity index (χ0v) is 16.9. The van der Waals surface area contributed by atoms with Gasteiger partial charge in [0.25, 0.3) is 11.8 Å². The van der Waals surface area contributed by atoms with Gasteiger partial charge in [0, 0.05) is 33.8 Å². The Morgan fingerprint density at radius 1 is 0.935 bits per heavy atom. The summed E-state index contributed by atoms with van der Waals surface area (Å²) in [6, 6.07) is 23.3. The molecule has 4 aromatic rings. The molecule has 0 spiro atoms. The fourth-order valence-electron chi connectivity index (χ4n) is 3.80. The number of aromatic nitrogens is 1. The van der Waals surface area contributed by atoms with Crippen LogP contribution >= 0.6 is 0 Å². The monoisotopic (exact) mass is 408 g/mol. The van der Waals surface area contributed by atoms with Gasteiger partial charge in [0.15, 0.2) is 11.9 Å². The Morgan fingerprint density at radius 2 is 1.65 bits per heavy atom. The van der Waals surface area contributed by atoms with Crippen LogP contribution in [0.1, 0.15) is 33.1 Å². The van der Waals surface area contributed by atoms with Crippen LogP contribution in [0.25, 0.3) is 10.9 Å². The number of nitrogens with one attached hydrogen (secondary N) is 2. The third kappa shape index (κ3) is 3.38. The van der Waals surface area contributed by atoms with Crippen LogP contribution in [0.15, 0.2) is 90.2 Å². The molecule has 1 aromatic heterocycles. The zero-order valence-electron chi connectivity index (χ0n) is 16.9. The molecule has 6 heteroatoms. The molecule has 0 bridgehead atoms. The molecule has 1 unspecified atom stereocenters. The van der Waals surface area contributed by atoms with Crippen molar-refractivity contribution in [1.82, 2.24) is 15.3 Å². The molecular weight excluding hydrogens is 388 g/mol. The number of amidine groups is 1. The molecule has 152 valence electrons. The zero-order chi connectivity index (χ0) is 21.4. The lowest BCUT2D eigenvalue weighted by molar-refractivity contribution is -0.125. The molecule has 0 aliphatic carbocycles. The maximum atomic E-state index is 13.4. The number of H-pyrrole nitrogens is 1. The second kappa shape index (κ2) is 7.57. The molecule has 2 amide bonds. The molecule has 3 aromatic carbocycles. The highest BCUT2D eigenvalue weighted by atomic mass is 16.2. The lowest BCUT2D eigenvalue weighted by Gasteiger charge is -2.31. The van der Waals surface area contributed by atoms with Gasteiger partial charge in [-0.05, 0) is 25.1 Å². The van der Waals surface area contributed by atoms with Gasteiger partial charge in [-0.25, -0.2) is 5.01 Å². The molecule has 6 nitrogen and oxygen atoms in total. The Kier molecular flexibility index (Phi) is 4.59. The third-order valence-corrected chi connectivity index (χ3v) is 5.41. The van der Waals surface area contributed by atoms with Gasteiger partial charge in [0.05, 0.1) is 0 Å². The van der Waals surface area contributed by atoms with Gasteiger partial charge in [0.1, 0.15) is 0 Å². The largest absolute Gasteiger partial charge is 0.361 e. The summed E-state index contributed by atoms with van der Waals surface area (Å²) in [7, 11) is 0. The molecule has 2 N–H and O–H groups in total. The van der Waals surface area contributed by atoms with Gasteiger partial charge in [-0.15, -0.1) is 5.10 Å². The number of hydrogen-bond donors (Lipinski definition) is 2. The number of aromatic amines is 1. The van der Waals surface area contributed by atoms with Crippen molar-refractivity contribution in [1.29, 1.82) is 0 Å². The summed E-state index contributed by atoms with van der Waals surface area (Å²) in [5.41, 5.74) is 3.89.